The van der Waals surface area contributed by atoms with Gasteiger partial charge in [-0.15, -0.1) is 0 Å². The Balaban J connectivity index is 2.11. The van der Waals surface area contributed by atoms with Crippen molar-refractivity contribution in [1.29, 1.82) is 5.41 Å². The predicted molar refractivity (Wildman–Crippen MR) is 47.6 cm³/mol. The molecule has 14 heavy (non-hydrogen) atoms. The van der Waals surface area contributed by atoms with Crippen molar-refractivity contribution >= 4 is 6.21 Å². The third kappa shape index (κ3) is 1.19. The molecule has 0 aromatic heterocycles. The summed E-state index contributed by atoms with van der Waals surface area (Å²) in [5, 5.41) is 6.90. The van der Waals surface area contributed by atoms with Crippen LogP contribution in [0.1, 0.15) is 25.7 Å². The third-order valence-corrected chi connectivity index (χ3v) is 3.79. The van der Waals surface area contributed by atoms with E-state index in [2.05, 4.69) is 0 Å². The van der Waals surface area contributed by atoms with Crippen molar-refractivity contribution in [2.24, 2.45) is 17.8 Å². The minimum atomic E-state index is -2.54. The average Bonchev–Trinajstić information content (AvgIpc) is 2.71. The van der Waals surface area contributed by atoms with Crippen LogP contribution in [0.5, 0.6) is 0 Å². The fourth-order valence-corrected chi connectivity index (χ4v) is 3.07. The van der Waals surface area contributed by atoms with Crippen molar-refractivity contribution in [2.45, 2.75) is 37.8 Å². The molecule has 2 rings (SSSR count). The molecule has 0 heterocycles. The van der Waals surface area contributed by atoms with Gasteiger partial charge in [0.25, 0.3) is 0 Å². The molecule has 0 aliphatic heterocycles. The molecular weight excluding hydrogens is 191 g/mol. The molecular formula is C10H14F3N. The zero-order chi connectivity index (χ0) is 10.3. The largest absolute Gasteiger partial charge is 0.313 e. The molecule has 4 atom stereocenters. The van der Waals surface area contributed by atoms with Gasteiger partial charge in [0.1, 0.15) is 5.67 Å². The monoisotopic (exact) mass is 205 g/mol. The van der Waals surface area contributed by atoms with Crippen LogP contribution in [0.3, 0.4) is 0 Å². The number of nitrogens with one attached hydrogen (secondary N) is 1. The van der Waals surface area contributed by atoms with Crippen LogP contribution in [0.4, 0.5) is 13.2 Å². The lowest BCUT2D eigenvalue weighted by Gasteiger charge is -2.25. The van der Waals surface area contributed by atoms with Gasteiger partial charge in [-0.1, -0.05) is 6.42 Å². The van der Waals surface area contributed by atoms with Crippen LogP contribution >= 0.6 is 0 Å². The molecule has 0 radical (unpaired) electrons. The van der Waals surface area contributed by atoms with Gasteiger partial charge in [-0.25, -0.2) is 13.2 Å². The van der Waals surface area contributed by atoms with Gasteiger partial charge >= 0.3 is 0 Å². The molecule has 3 unspecified atom stereocenters. The Labute approximate surface area is 81.2 Å². The number of halogens is 3. The topological polar surface area (TPSA) is 23.9 Å². The Hall–Kier alpha value is -0.540. The van der Waals surface area contributed by atoms with E-state index in [1.54, 1.807) is 0 Å². The number of fused-ring (bicyclic) bond motifs is 1. The van der Waals surface area contributed by atoms with E-state index in [1.807, 2.05) is 0 Å². The molecule has 0 amide bonds. The second-order valence-corrected chi connectivity index (χ2v) is 4.35. The van der Waals surface area contributed by atoms with Gasteiger partial charge < -0.3 is 5.41 Å². The molecule has 1 N–H and O–H groups in total. The number of alkyl halides is 3. The number of rotatable bonds is 3. The van der Waals surface area contributed by atoms with Crippen LogP contribution in [0, 0.1) is 23.2 Å². The summed E-state index contributed by atoms with van der Waals surface area (Å²) in [6.07, 6.45) is 0.660. The van der Waals surface area contributed by atoms with E-state index in [4.69, 9.17) is 5.41 Å². The molecule has 4 heteroatoms. The van der Waals surface area contributed by atoms with Gasteiger partial charge in [-0.3, -0.25) is 0 Å². The van der Waals surface area contributed by atoms with E-state index >= 15 is 0 Å². The van der Waals surface area contributed by atoms with Gasteiger partial charge in [0, 0.05) is 5.92 Å². The highest BCUT2D eigenvalue weighted by Crippen LogP contribution is 2.66. The minimum absolute atomic E-state index is 0.197. The summed E-state index contributed by atoms with van der Waals surface area (Å²) >= 11 is 0. The summed E-state index contributed by atoms with van der Waals surface area (Å²) in [4.78, 5) is 0. The first kappa shape index (κ1) is 9.99. The molecule has 0 saturated heterocycles. The molecule has 2 fully saturated rings. The smallest absolute Gasteiger partial charge is 0.244 e. The van der Waals surface area contributed by atoms with Gasteiger partial charge in [-0.05, 0) is 31.4 Å². The van der Waals surface area contributed by atoms with Crippen molar-refractivity contribution in [1.82, 2.24) is 0 Å². The first-order valence-corrected chi connectivity index (χ1v) is 5.08. The quantitative estimate of drug-likeness (QED) is 0.685. The summed E-state index contributed by atoms with van der Waals surface area (Å²) in [5.74, 6) is -1.58. The van der Waals surface area contributed by atoms with Crippen LogP contribution in [0.25, 0.3) is 0 Å². The highest BCUT2D eigenvalue weighted by atomic mass is 19.3. The Kier molecular flexibility index (Phi) is 2.32. The minimum Gasteiger partial charge on any atom is -0.313 e. The summed E-state index contributed by atoms with van der Waals surface area (Å²) in [6.45, 7) is 0. The van der Waals surface area contributed by atoms with Crippen LogP contribution in [-0.2, 0) is 0 Å². The van der Waals surface area contributed by atoms with Gasteiger partial charge in [0.15, 0.2) is 0 Å². The zero-order valence-corrected chi connectivity index (χ0v) is 7.85. The Morgan fingerprint density at radius 1 is 1.43 bits per heavy atom. The van der Waals surface area contributed by atoms with Gasteiger partial charge in [-0.2, -0.15) is 0 Å². The van der Waals surface area contributed by atoms with E-state index in [0.717, 1.165) is 12.6 Å². The van der Waals surface area contributed by atoms with Crippen LogP contribution in [0.15, 0.2) is 0 Å². The Morgan fingerprint density at radius 2 is 2.14 bits per heavy atom. The maximum atomic E-state index is 14.1. The van der Waals surface area contributed by atoms with Gasteiger partial charge in [0.05, 0.1) is 5.92 Å². The molecule has 2 saturated carbocycles. The van der Waals surface area contributed by atoms with Crippen LogP contribution in [-0.4, -0.2) is 18.3 Å². The van der Waals surface area contributed by atoms with E-state index in [9.17, 15) is 13.2 Å². The molecule has 80 valence electrons. The second kappa shape index (κ2) is 3.24. The van der Waals surface area contributed by atoms with Crippen molar-refractivity contribution in [3.63, 3.8) is 0 Å². The lowest BCUT2D eigenvalue weighted by molar-refractivity contribution is -0.01000. The molecule has 0 aromatic carbocycles. The number of hydrogen-bond donors (Lipinski definition) is 1. The van der Waals surface area contributed by atoms with E-state index in [1.165, 1.54) is 0 Å². The molecule has 0 aromatic rings. The van der Waals surface area contributed by atoms with Crippen molar-refractivity contribution in [3.05, 3.63) is 0 Å². The molecule has 2 aliphatic carbocycles. The summed E-state index contributed by atoms with van der Waals surface area (Å²) in [6, 6.07) is 0. The zero-order valence-electron chi connectivity index (χ0n) is 7.85. The average molecular weight is 205 g/mol. The normalized spacial score (nSPS) is 46.1. The SMILES string of the molecule is N=CCC1C2CCCC(C(F)F)[C@@]12F. The summed E-state index contributed by atoms with van der Waals surface area (Å²) in [7, 11) is 0. The van der Waals surface area contributed by atoms with E-state index < -0.39 is 18.0 Å². The standard InChI is InChI=1S/C10H14F3N/c11-9(12)8-3-1-2-6-7(4-5-14)10(6,8)13/h5-9,14H,1-4H2/t6?,7?,8?,10-/m0/s1. The van der Waals surface area contributed by atoms with Crippen LogP contribution in [0.2, 0.25) is 0 Å². The highest BCUT2D eigenvalue weighted by Gasteiger charge is 2.71. The lowest BCUT2D eigenvalue weighted by Crippen LogP contribution is -2.30. The first-order valence-electron chi connectivity index (χ1n) is 5.08. The molecule has 0 spiro atoms. The van der Waals surface area contributed by atoms with Crippen molar-refractivity contribution < 1.29 is 13.2 Å². The Morgan fingerprint density at radius 3 is 2.71 bits per heavy atom. The van der Waals surface area contributed by atoms with Gasteiger partial charge in [0.2, 0.25) is 6.43 Å². The lowest BCUT2D eigenvalue weighted by atomic mass is 9.87. The summed E-state index contributed by atoms with van der Waals surface area (Å²) in [5.41, 5.74) is -1.65. The molecule has 1 nitrogen and oxygen atoms in total. The second-order valence-electron chi connectivity index (χ2n) is 4.35. The first-order chi connectivity index (χ1) is 6.62. The third-order valence-electron chi connectivity index (χ3n) is 3.79. The molecule has 0 bridgehead atoms. The maximum absolute atomic E-state index is 14.1. The summed E-state index contributed by atoms with van der Waals surface area (Å²) < 4.78 is 39.2. The fraction of sp³-hybridized carbons (Fsp3) is 0.900. The molecule has 2 aliphatic rings. The fourth-order valence-electron chi connectivity index (χ4n) is 3.07. The number of hydrogen-bond acceptors (Lipinski definition) is 1. The van der Waals surface area contributed by atoms with Crippen LogP contribution < -0.4 is 0 Å². The maximum Gasteiger partial charge on any atom is 0.244 e. The van der Waals surface area contributed by atoms with E-state index in [0.29, 0.717) is 19.3 Å². The highest BCUT2D eigenvalue weighted by molar-refractivity contribution is 5.55. The Bertz CT molecular complexity index is 244. The van der Waals surface area contributed by atoms with Crippen molar-refractivity contribution in [3.8, 4) is 0 Å². The van der Waals surface area contributed by atoms with Crippen molar-refractivity contribution in [2.75, 3.05) is 0 Å². The predicted octanol–water partition coefficient (Wildman–Crippen LogP) is 3.05. The van der Waals surface area contributed by atoms with E-state index in [-0.39, 0.29) is 11.8 Å².